The fourth-order valence-corrected chi connectivity index (χ4v) is 2.00. The molecule has 0 aromatic heterocycles. The molecule has 0 aliphatic heterocycles. The number of carboxylic acid groups (broad SMARTS) is 1. The van der Waals surface area contributed by atoms with E-state index < -0.39 is 5.97 Å². The predicted octanol–water partition coefficient (Wildman–Crippen LogP) is 3.43. The maximum Gasteiger partial charge on any atom is 0.337 e. The van der Waals surface area contributed by atoms with Crippen molar-refractivity contribution in [1.82, 2.24) is 0 Å². The van der Waals surface area contributed by atoms with Crippen molar-refractivity contribution in [3.8, 4) is 0 Å². The van der Waals surface area contributed by atoms with Crippen LogP contribution in [0.15, 0.2) is 24.3 Å². The number of anilines is 1. The van der Waals surface area contributed by atoms with Gasteiger partial charge in [0.1, 0.15) is 0 Å². The zero-order valence-corrected chi connectivity index (χ0v) is 9.51. The van der Waals surface area contributed by atoms with Gasteiger partial charge in [0.2, 0.25) is 0 Å². The van der Waals surface area contributed by atoms with E-state index in [1.165, 1.54) is 6.07 Å². The zero-order chi connectivity index (χ0) is 11.9. The smallest absolute Gasteiger partial charge is 0.337 e. The van der Waals surface area contributed by atoms with Crippen molar-refractivity contribution in [2.45, 2.75) is 0 Å². The Morgan fingerprint density at radius 1 is 1.19 bits per heavy atom. The monoisotopic (exact) mass is 255 g/mol. The molecule has 0 bridgehead atoms. The summed E-state index contributed by atoms with van der Waals surface area (Å²) >= 11 is 11.8. The highest BCUT2D eigenvalue weighted by Crippen LogP contribution is 2.33. The molecular weight excluding hydrogens is 249 g/mol. The summed E-state index contributed by atoms with van der Waals surface area (Å²) in [5.74, 6) is -1.11. The van der Waals surface area contributed by atoms with Crippen molar-refractivity contribution >= 4 is 45.6 Å². The summed E-state index contributed by atoms with van der Waals surface area (Å²) in [6.45, 7) is 0. The van der Waals surface area contributed by atoms with Gasteiger partial charge in [-0.05, 0) is 18.2 Å². The van der Waals surface area contributed by atoms with E-state index >= 15 is 0 Å². The topological polar surface area (TPSA) is 63.3 Å². The van der Waals surface area contributed by atoms with Gasteiger partial charge in [-0.15, -0.1) is 0 Å². The maximum atomic E-state index is 10.9. The molecular formula is C11H7Cl2NO2. The summed E-state index contributed by atoms with van der Waals surface area (Å²) in [7, 11) is 0. The van der Waals surface area contributed by atoms with Gasteiger partial charge in [0, 0.05) is 20.8 Å². The number of hydrogen-bond donors (Lipinski definition) is 2. The molecule has 0 amide bonds. The van der Waals surface area contributed by atoms with Gasteiger partial charge in [0.25, 0.3) is 0 Å². The standard InChI is InChI=1S/C11H7Cl2NO2/c12-5-1-2-6-7(3-5)10(14)8(11(15)16)4-9(6)13/h1-4H,14H2,(H,15,16). The highest BCUT2D eigenvalue weighted by atomic mass is 35.5. The van der Waals surface area contributed by atoms with Crippen LogP contribution in [0.4, 0.5) is 5.69 Å². The van der Waals surface area contributed by atoms with Gasteiger partial charge in [-0.1, -0.05) is 29.3 Å². The van der Waals surface area contributed by atoms with E-state index in [-0.39, 0.29) is 11.3 Å². The summed E-state index contributed by atoms with van der Waals surface area (Å²) in [6.07, 6.45) is 0. The number of carboxylic acids is 1. The van der Waals surface area contributed by atoms with Gasteiger partial charge in [-0.3, -0.25) is 0 Å². The first kappa shape index (κ1) is 11.0. The molecule has 2 rings (SSSR count). The van der Waals surface area contributed by atoms with Crippen molar-refractivity contribution in [1.29, 1.82) is 0 Å². The van der Waals surface area contributed by atoms with Crippen LogP contribution in [0, 0.1) is 0 Å². The molecule has 2 aromatic rings. The molecule has 2 aromatic carbocycles. The Balaban J connectivity index is 2.91. The third kappa shape index (κ3) is 1.68. The lowest BCUT2D eigenvalue weighted by atomic mass is 10.0. The van der Waals surface area contributed by atoms with Crippen LogP contribution >= 0.6 is 23.2 Å². The first-order valence-electron chi connectivity index (χ1n) is 4.41. The second-order valence-electron chi connectivity index (χ2n) is 3.31. The number of halogens is 2. The van der Waals surface area contributed by atoms with Crippen molar-refractivity contribution < 1.29 is 9.90 Å². The molecule has 3 N–H and O–H groups in total. The number of rotatable bonds is 1. The van der Waals surface area contributed by atoms with E-state index in [2.05, 4.69) is 0 Å². The van der Waals surface area contributed by atoms with Crippen molar-refractivity contribution in [2.24, 2.45) is 0 Å². The zero-order valence-electron chi connectivity index (χ0n) is 8.00. The Bertz CT molecular complexity index is 596. The molecule has 0 saturated carbocycles. The Kier molecular flexibility index (Phi) is 2.66. The quantitative estimate of drug-likeness (QED) is 0.768. The average molecular weight is 256 g/mol. The van der Waals surface area contributed by atoms with Crippen LogP contribution in [-0.4, -0.2) is 11.1 Å². The van der Waals surface area contributed by atoms with Crippen molar-refractivity contribution in [2.75, 3.05) is 5.73 Å². The molecule has 0 spiro atoms. The molecule has 0 fully saturated rings. The number of benzene rings is 2. The Morgan fingerprint density at radius 2 is 1.88 bits per heavy atom. The van der Waals surface area contributed by atoms with Gasteiger partial charge >= 0.3 is 5.97 Å². The van der Waals surface area contributed by atoms with E-state index in [9.17, 15) is 4.79 Å². The molecule has 3 nitrogen and oxygen atoms in total. The van der Waals surface area contributed by atoms with Crippen LogP contribution in [0.1, 0.15) is 10.4 Å². The van der Waals surface area contributed by atoms with Crippen LogP contribution in [0.25, 0.3) is 10.8 Å². The molecule has 0 aliphatic carbocycles. The minimum absolute atomic E-state index is 0.0141. The van der Waals surface area contributed by atoms with E-state index in [0.717, 1.165) is 0 Å². The lowest BCUT2D eigenvalue weighted by molar-refractivity contribution is 0.0698. The normalized spacial score (nSPS) is 10.6. The second kappa shape index (κ2) is 3.85. The molecule has 16 heavy (non-hydrogen) atoms. The third-order valence-corrected chi connectivity index (χ3v) is 2.87. The summed E-state index contributed by atoms with van der Waals surface area (Å²) in [6, 6.07) is 6.33. The minimum atomic E-state index is -1.11. The van der Waals surface area contributed by atoms with Crippen molar-refractivity contribution in [3.05, 3.63) is 39.9 Å². The fraction of sp³-hybridized carbons (Fsp3) is 0. The average Bonchev–Trinajstić information content (AvgIpc) is 2.22. The van der Waals surface area contributed by atoms with Gasteiger partial charge < -0.3 is 10.8 Å². The third-order valence-electron chi connectivity index (χ3n) is 2.32. The number of aromatic carboxylic acids is 1. The number of nitrogen functional groups attached to an aromatic ring is 1. The van der Waals surface area contributed by atoms with Gasteiger partial charge in [-0.25, -0.2) is 4.79 Å². The van der Waals surface area contributed by atoms with Crippen LogP contribution in [0.5, 0.6) is 0 Å². The Morgan fingerprint density at radius 3 is 2.50 bits per heavy atom. The SMILES string of the molecule is Nc1c(C(=O)O)cc(Cl)c2ccc(Cl)cc12. The van der Waals surface area contributed by atoms with Crippen LogP contribution in [-0.2, 0) is 0 Å². The molecule has 0 heterocycles. The van der Waals surface area contributed by atoms with Crippen LogP contribution in [0.2, 0.25) is 10.0 Å². The summed E-state index contributed by atoms with van der Waals surface area (Å²) in [5, 5.41) is 11.0. The van der Waals surface area contributed by atoms with E-state index in [1.807, 2.05) is 0 Å². The van der Waals surface area contributed by atoms with E-state index in [1.54, 1.807) is 18.2 Å². The van der Waals surface area contributed by atoms with Gasteiger partial charge in [0.05, 0.1) is 11.3 Å². The van der Waals surface area contributed by atoms with Crippen LogP contribution in [0.3, 0.4) is 0 Å². The van der Waals surface area contributed by atoms with Crippen LogP contribution < -0.4 is 5.73 Å². The fourth-order valence-electron chi connectivity index (χ4n) is 1.55. The van der Waals surface area contributed by atoms with Gasteiger partial charge in [-0.2, -0.15) is 0 Å². The molecule has 0 unspecified atom stereocenters. The molecule has 0 radical (unpaired) electrons. The maximum absolute atomic E-state index is 10.9. The summed E-state index contributed by atoms with van der Waals surface area (Å²) < 4.78 is 0. The highest BCUT2D eigenvalue weighted by Gasteiger charge is 2.14. The largest absolute Gasteiger partial charge is 0.478 e. The number of nitrogens with two attached hydrogens (primary N) is 1. The Labute approximate surface area is 101 Å². The number of hydrogen-bond acceptors (Lipinski definition) is 2. The van der Waals surface area contributed by atoms with Gasteiger partial charge in [0.15, 0.2) is 0 Å². The second-order valence-corrected chi connectivity index (χ2v) is 4.16. The Hall–Kier alpha value is -1.45. The molecule has 0 aliphatic rings. The van der Waals surface area contributed by atoms with E-state index in [4.69, 9.17) is 34.0 Å². The van der Waals surface area contributed by atoms with E-state index in [0.29, 0.717) is 20.8 Å². The predicted molar refractivity (Wildman–Crippen MR) is 65.3 cm³/mol. The lowest BCUT2D eigenvalue weighted by Gasteiger charge is -2.08. The summed E-state index contributed by atoms with van der Waals surface area (Å²) in [4.78, 5) is 10.9. The first-order chi connectivity index (χ1) is 7.50. The van der Waals surface area contributed by atoms with Crippen molar-refractivity contribution in [3.63, 3.8) is 0 Å². The molecule has 0 saturated heterocycles. The summed E-state index contributed by atoms with van der Waals surface area (Å²) in [5.41, 5.74) is 5.92. The number of fused-ring (bicyclic) bond motifs is 1. The molecule has 5 heteroatoms. The lowest BCUT2D eigenvalue weighted by Crippen LogP contribution is -2.03. The molecule has 82 valence electrons. The molecule has 0 atom stereocenters. The number of carbonyl (C=O) groups is 1. The highest BCUT2D eigenvalue weighted by molar-refractivity contribution is 6.37. The minimum Gasteiger partial charge on any atom is -0.478 e. The first-order valence-corrected chi connectivity index (χ1v) is 5.17.